The molecule has 9 rings (SSSR count). The zero-order valence-electron chi connectivity index (χ0n) is 23.8. The number of fused-ring (bicyclic) bond motifs is 9. The van der Waals surface area contributed by atoms with Gasteiger partial charge in [-0.2, -0.15) is 0 Å². The fourth-order valence-electron chi connectivity index (χ4n) is 6.47. The van der Waals surface area contributed by atoms with Crippen molar-refractivity contribution in [1.82, 2.24) is 24.1 Å². The Labute approximate surface area is 252 Å². The molecule has 44 heavy (non-hydrogen) atoms. The Hall–Kier alpha value is -6.01. The fourth-order valence-corrected chi connectivity index (χ4v) is 6.47. The van der Waals surface area contributed by atoms with Crippen molar-refractivity contribution in [2.75, 3.05) is 0 Å². The van der Waals surface area contributed by atoms with Gasteiger partial charge in [0, 0.05) is 39.4 Å². The van der Waals surface area contributed by atoms with Crippen molar-refractivity contribution in [3.8, 4) is 28.6 Å². The van der Waals surface area contributed by atoms with E-state index in [2.05, 4.69) is 107 Å². The number of ether oxygens (including phenoxy) is 1. The maximum absolute atomic E-state index is 6.53. The van der Waals surface area contributed by atoms with Gasteiger partial charge in [0.25, 0.3) is 0 Å². The standard InChI is InChI=1S/C38H25N5O/c1-24-10-2-3-13-28(24)37-40-41-38-33-23-27(19-20-29(33)30-14-4-7-18-35(30)43(37)38)44-26-12-8-11-25(22-26)42-34-17-6-5-15-31(34)32-16-9-21-39-36(32)42/h2-23H,1H3. The number of hydrogen-bond donors (Lipinski definition) is 0. The number of nitrogens with zero attached hydrogens (tertiary/aromatic N) is 5. The lowest BCUT2D eigenvalue weighted by Gasteiger charge is -2.13. The van der Waals surface area contributed by atoms with Gasteiger partial charge in [-0.05, 0) is 72.5 Å². The van der Waals surface area contributed by atoms with E-state index in [1.807, 2.05) is 42.6 Å². The molecule has 0 atom stereocenters. The van der Waals surface area contributed by atoms with E-state index in [0.29, 0.717) is 0 Å². The number of pyridine rings is 2. The van der Waals surface area contributed by atoms with Gasteiger partial charge < -0.3 is 4.74 Å². The molecule has 4 aromatic heterocycles. The molecule has 208 valence electrons. The minimum Gasteiger partial charge on any atom is -0.457 e. The van der Waals surface area contributed by atoms with E-state index in [0.717, 1.165) is 78.0 Å². The Morgan fingerprint density at radius 3 is 2.18 bits per heavy atom. The molecule has 4 heterocycles. The molecule has 6 nitrogen and oxygen atoms in total. The van der Waals surface area contributed by atoms with Crippen LogP contribution in [0.15, 0.2) is 134 Å². The summed E-state index contributed by atoms with van der Waals surface area (Å²) in [7, 11) is 0. The highest BCUT2D eigenvalue weighted by atomic mass is 16.5. The molecule has 0 aliphatic carbocycles. The van der Waals surface area contributed by atoms with Crippen LogP contribution in [0.25, 0.3) is 66.3 Å². The second-order valence-electron chi connectivity index (χ2n) is 11.0. The van der Waals surface area contributed by atoms with Crippen molar-refractivity contribution in [3.63, 3.8) is 0 Å². The molecule has 0 saturated heterocycles. The smallest absolute Gasteiger partial charge is 0.169 e. The summed E-state index contributed by atoms with van der Waals surface area (Å²) in [5, 5.41) is 14.9. The number of hydrogen-bond acceptors (Lipinski definition) is 4. The molecule has 9 aromatic rings. The molecule has 5 aromatic carbocycles. The molecule has 0 radical (unpaired) electrons. The SMILES string of the molecule is Cc1ccccc1-c1nnc2c3cc(Oc4cccc(-n5c6ccccc6c6cccnc65)c4)ccc3c3ccccc3n12. The summed E-state index contributed by atoms with van der Waals surface area (Å²) in [5.41, 5.74) is 7.10. The third-order valence-corrected chi connectivity index (χ3v) is 8.46. The minimum absolute atomic E-state index is 0.729. The molecule has 0 unspecified atom stereocenters. The van der Waals surface area contributed by atoms with Crippen LogP contribution >= 0.6 is 0 Å². The lowest BCUT2D eigenvalue weighted by Crippen LogP contribution is -1.96. The van der Waals surface area contributed by atoms with Gasteiger partial charge in [0.15, 0.2) is 11.5 Å². The number of benzene rings is 5. The Balaban J connectivity index is 1.19. The number of rotatable bonds is 4. The first-order chi connectivity index (χ1) is 21.7. The maximum Gasteiger partial charge on any atom is 0.169 e. The molecule has 0 N–H and O–H groups in total. The predicted molar refractivity (Wildman–Crippen MR) is 177 cm³/mol. The number of para-hydroxylation sites is 2. The summed E-state index contributed by atoms with van der Waals surface area (Å²) >= 11 is 0. The van der Waals surface area contributed by atoms with E-state index in [4.69, 9.17) is 19.9 Å². The van der Waals surface area contributed by atoms with E-state index in [-0.39, 0.29) is 0 Å². The molecule has 0 aliphatic rings. The molecule has 0 amide bonds. The lowest BCUT2D eigenvalue weighted by atomic mass is 10.0. The Morgan fingerprint density at radius 2 is 1.30 bits per heavy atom. The van der Waals surface area contributed by atoms with E-state index in [1.54, 1.807) is 0 Å². The van der Waals surface area contributed by atoms with Crippen molar-refractivity contribution in [1.29, 1.82) is 0 Å². The van der Waals surface area contributed by atoms with Crippen LogP contribution in [-0.2, 0) is 0 Å². The van der Waals surface area contributed by atoms with E-state index in [1.165, 1.54) is 5.39 Å². The number of aromatic nitrogens is 5. The summed E-state index contributed by atoms with van der Waals surface area (Å²) in [6.45, 7) is 2.11. The largest absolute Gasteiger partial charge is 0.457 e. The summed E-state index contributed by atoms with van der Waals surface area (Å²) < 4.78 is 10.9. The lowest BCUT2D eigenvalue weighted by molar-refractivity contribution is 0.483. The van der Waals surface area contributed by atoms with Crippen LogP contribution in [0.2, 0.25) is 0 Å². The predicted octanol–water partition coefficient (Wildman–Crippen LogP) is 9.30. The monoisotopic (exact) mass is 567 g/mol. The van der Waals surface area contributed by atoms with Gasteiger partial charge in [0.2, 0.25) is 0 Å². The molecule has 6 heteroatoms. The van der Waals surface area contributed by atoms with Crippen molar-refractivity contribution >= 4 is 49.3 Å². The van der Waals surface area contributed by atoms with Crippen LogP contribution in [0, 0.1) is 6.92 Å². The maximum atomic E-state index is 6.53. The third kappa shape index (κ3) is 3.64. The average molecular weight is 568 g/mol. The van der Waals surface area contributed by atoms with E-state index >= 15 is 0 Å². The van der Waals surface area contributed by atoms with Crippen LogP contribution in [0.1, 0.15) is 5.56 Å². The van der Waals surface area contributed by atoms with Crippen LogP contribution in [0.5, 0.6) is 11.5 Å². The summed E-state index contributed by atoms with van der Waals surface area (Å²) in [6.07, 6.45) is 1.84. The van der Waals surface area contributed by atoms with Gasteiger partial charge in [-0.15, -0.1) is 10.2 Å². The Bertz CT molecular complexity index is 2510. The van der Waals surface area contributed by atoms with Crippen molar-refractivity contribution < 1.29 is 4.74 Å². The highest BCUT2D eigenvalue weighted by molar-refractivity contribution is 6.12. The van der Waals surface area contributed by atoms with Gasteiger partial charge in [-0.25, -0.2) is 4.98 Å². The first-order valence-electron chi connectivity index (χ1n) is 14.6. The van der Waals surface area contributed by atoms with Crippen LogP contribution < -0.4 is 4.74 Å². The number of aryl methyl sites for hydroxylation is 1. The first-order valence-corrected chi connectivity index (χ1v) is 14.6. The summed E-state index contributed by atoms with van der Waals surface area (Å²) in [6, 6.07) is 43.6. The van der Waals surface area contributed by atoms with Crippen molar-refractivity contribution in [2.45, 2.75) is 6.92 Å². The topological polar surface area (TPSA) is 57.2 Å². The molecule has 0 spiro atoms. The average Bonchev–Trinajstić information content (AvgIpc) is 3.66. The quantitative estimate of drug-likeness (QED) is 0.199. The molecule has 0 saturated carbocycles. The minimum atomic E-state index is 0.729. The zero-order chi connectivity index (χ0) is 29.2. The van der Waals surface area contributed by atoms with Crippen LogP contribution in [0.3, 0.4) is 0 Å². The molecular weight excluding hydrogens is 542 g/mol. The summed E-state index contributed by atoms with van der Waals surface area (Å²) in [5.74, 6) is 2.30. The Morgan fingerprint density at radius 1 is 0.545 bits per heavy atom. The second kappa shape index (κ2) is 9.51. The van der Waals surface area contributed by atoms with Crippen LogP contribution in [0.4, 0.5) is 0 Å². The molecule has 0 fully saturated rings. The van der Waals surface area contributed by atoms with Gasteiger partial charge in [0.1, 0.15) is 17.1 Å². The third-order valence-electron chi connectivity index (χ3n) is 8.46. The van der Waals surface area contributed by atoms with E-state index in [9.17, 15) is 0 Å². The normalized spacial score (nSPS) is 11.8. The second-order valence-corrected chi connectivity index (χ2v) is 11.0. The van der Waals surface area contributed by atoms with E-state index < -0.39 is 0 Å². The van der Waals surface area contributed by atoms with Gasteiger partial charge in [-0.3, -0.25) is 8.97 Å². The molecule has 0 aliphatic heterocycles. The molecular formula is C38H25N5O. The van der Waals surface area contributed by atoms with Crippen LogP contribution in [-0.4, -0.2) is 24.1 Å². The zero-order valence-corrected chi connectivity index (χ0v) is 23.8. The van der Waals surface area contributed by atoms with Crippen molar-refractivity contribution in [2.24, 2.45) is 0 Å². The Kier molecular flexibility index (Phi) is 5.31. The fraction of sp³-hybridized carbons (Fsp3) is 0.0263. The van der Waals surface area contributed by atoms with Gasteiger partial charge in [0.05, 0.1) is 16.7 Å². The molecule has 0 bridgehead atoms. The van der Waals surface area contributed by atoms with Gasteiger partial charge in [-0.1, -0.05) is 66.7 Å². The first kappa shape index (κ1) is 24.6. The van der Waals surface area contributed by atoms with Gasteiger partial charge >= 0.3 is 0 Å². The highest BCUT2D eigenvalue weighted by Crippen LogP contribution is 2.37. The highest BCUT2D eigenvalue weighted by Gasteiger charge is 2.18. The van der Waals surface area contributed by atoms with Crippen molar-refractivity contribution in [3.05, 3.63) is 139 Å². The summed E-state index contributed by atoms with van der Waals surface area (Å²) in [4.78, 5) is 4.73.